The van der Waals surface area contributed by atoms with E-state index in [1.54, 1.807) is 0 Å². The fraction of sp³-hybridized carbons (Fsp3) is 0.833. The molecular formula is C12H20FNO. The third-order valence-corrected chi connectivity index (χ3v) is 3.31. The van der Waals surface area contributed by atoms with E-state index in [1.807, 2.05) is 4.90 Å². The van der Waals surface area contributed by atoms with E-state index < -0.39 is 6.17 Å². The standard InChI is InChI=1S/C12H20FNO/c1-3-4-5-12(2)6-11(12)15-9-14-7-10(13)8-14/h4-5,10-11H,3,6-9H2,1-2H3/b5-4-/t11-,12?/m0/s1. The average Bonchev–Trinajstić information content (AvgIpc) is 2.80. The Bertz CT molecular complexity index is 250. The van der Waals surface area contributed by atoms with Crippen LogP contribution in [0.25, 0.3) is 0 Å². The van der Waals surface area contributed by atoms with Crippen LogP contribution in [0.2, 0.25) is 0 Å². The summed E-state index contributed by atoms with van der Waals surface area (Å²) in [4.78, 5) is 2.01. The van der Waals surface area contributed by atoms with Gasteiger partial charge in [0.25, 0.3) is 0 Å². The summed E-state index contributed by atoms with van der Waals surface area (Å²) in [6.07, 6.45) is 6.36. The molecule has 2 aliphatic rings. The molecule has 0 N–H and O–H groups in total. The Hall–Kier alpha value is -0.410. The average molecular weight is 213 g/mol. The monoisotopic (exact) mass is 213 g/mol. The summed E-state index contributed by atoms with van der Waals surface area (Å²) in [5.74, 6) is 0. The molecule has 0 aromatic heterocycles. The fourth-order valence-electron chi connectivity index (χ4n) is 1.96. The number of likely N-dealkylation sites (tertiary alicyclic amines) is 1. The SMILES string of the molecule is CC/C=C\C1(C)C[C@@H]1OCN1CC(F)C1. The molecule has 1 aliphatic heterocycles. The maximum absolute atomic E-state index is 12.5. The van der Waals surface area contributed by atoms with Crippen molar-refractivity contribution in [2.45, 2.75) is 39.0 Å². The van der Waals surface area contributed by atoms with Crippen LogP contribution in [0.1, 0.15) is 26.7 Å². The molecular weight excluding hydrogens is 193 g/mol. The van der Waals surface area contributed by atoms with Crippen LogP contribution in [0.15, 0.2) is 12.2 Å². The van der Waals surface area contributed by atoms with Gasteiger partial charge < -0.3 is 4.74 Å². The molecule has 1 heterocycles. The molecule has 0 spiro atoms. The van der Waals surface area contributed by atoms with Crippen LogP contribution in [-0.4, -0.2) is 37.0 Å². The van der Waals surface area contributed by atoms with Crippen molar-refractivity contribution in [2.75, 3.05) is 19.8 Å². The fourth-order valence-corrected chi connectivity index (χ4v) is 1.96. The number of hydrogen-bond acceptors (Lipinski definition) is 2. The zero-order chi connectivity index (χ0) is 10.9. The summed E-state index contributed by atoms with van der Waals surface area (Å²) in [6.45, 7) is 6.06. The van der Waals surface area contributed by atoms with Crippen molar-refractivity contribution in [1.82, 2.24) is 4.90 Å². The molecule has 2 nitrogen and oxygen atoms in total. The molecule has 1 aliphatic carbocycles. The topological polar surface area (TPSA) is 12.5 Å². The lowest BCUT2D eigenvalue weighted by atomic mass is 10.1. The summed E-state index contributed by atoms with van der Waals surface area (Å²) in [6, 6.07) is 0. The molecule has 0 amide bonds. The van der Waals surface area contributed by atoms with Crippen molar-refractivity contribution in [2.24, 2.45) is 5.41 Å². The van der Waals surface area contributed by atoms with E-state index in [9.17, 15) is 4.39 Å². The van der Waals surface area contributed by atoms with Crippen molar-refractivity contribution in [1.29, 1.82) is 0 Å². The molecule has 1 saturated heterocycles. The van der Waals surface area contributed by atoms with Crippen molar-refractivity contribution < 1.29 is 9.13 Å². The minimum absolute atomic E-state index is 0.246. The van der Waals surface area contributed by atoms with Crippen LogP contribution >= 0.6 is 0 Å². The van der Waals surface area contributed by atoms with Crippen molar-refractivity contribution >= 4 is 0 Å². The Kier molecular flexibility index (Phi) is 3.12. The normalized spacial score (nSPS) is 37.1. The lowest BCUT2D eigenvalue weighted by Crippen LogP contribution is -2.49. The van der Waals surface area contributed by atoms with Gasteiger partial charge in [0.15, 0.2) is 0 Å². The largest absolute Gasteiger partial charge is 0.362 e. The first kappa shape index (κ1) is 11.1. The van der Waals surface area contributed by atoms with E-state index in [1.165, 1.54) is 0 Å². The number of hydrogen-bond donors (Lipinski definition) is 0. The highest BCUT2D eigenvalue weighted by Gasteiger charge is 2.49. The Labute approximate surface area is 91.1 Å². The van der Waals surface area contributed by atoms with E-state index in [2.05, 4.69) is 26.0 Å². The van der Waals surface area contributed by atoms with Gasteiger partial charge in [0.05, 0.1) is 12.8 Å². The zero-order valence-electron chi connectivity index (χ0n) is 9.58. The molecule has 0 radical (unpaired) electrons. The van der Waals surface area contributed by atoms with Crippen LogP contribution in [-0.2, 0) is 4.74 Å². The van der Waals surface area contributed by atoms with Crippen LogP contribution < -0.4 is 0 Å². The van der Waals surface area contributed by atoms with Crippen LogP contribution in [0.4, 0.5) is 4.39 Å². The molecule has 3 heteroatoms. The van der Waals surface area contributed by atoms with Crippen LogP contribution in [0.5, 0.6) is 0 Å². The molecule has 0 aromatic rings. The second kappa shape index (κ2) is 4.22. The van der Waals surface area contributed by atoms with Gasteiger partial charge >= 0.3 is 0 Å². The molecule has 86 valence electrons. The minimum atomic E-state index is -0.626. The summed E-state index contributed by atoms with van der Waals surface area (Å²) in [7, 11) is 0. The molecule has 0 aromatic carbocycles. The molecule has 2 atom stereocenters. The zero-order valence-corrected chi connectivity index (χ0v) is 9.58. The maximum Gasteiger partial charge on any atom is 0.126 e. The Balaban J connectivity index is 1.64. The molecule has 0 bridgehead atoms. The van der Waals surface area contributed by atoms with Gasteiger partial charge in [-0.05, 0) is 12.8 Å². The maximum atomic E-state index is 12.5. The number of ether oxygens (including phenoxy) is 1. The van der Waals surface area contributed by atoms with E-state index in [0.717, 1.165) is 12.8 Å². The summed E-state index contributed by atoms with van der Waals surface area (Å²) >= 11 is 0. The number of nitrogens with zero attached hydrogens (tertiary/aromatic N) is 1. The Morgan fingerprint density at radius 2 is 2.27 bits per heavy atom. The van der Waals surface area contributed by atoms with Crippen molar-refractivity contribution in [3.8, 4) is 0 Å². The van der Waals surface area contributed by atoms with Gasteiger partial charge in [0.2, 0.25) is 0 Å². The highest BCUT2D eigenvalue weighted by Crippen LogP contribution is 2.49. The Morgan fingerprint density at radius 1 is 1.53 bits per heavy atom. The van der Waals surface area contributed by atoms with Gasteiger partial charge in [-0.15, -0.1) is 0 Å². The van der Waals surface area contributed by atoms with Gasteiger partial charge in [-0.3, -0.25) is 4.90 Å². The first-order chi connectivity index (χ1) is 7.14. The first-order valence-electron chi connectivity index (χ1n) is 5.80. The number of rotatable bonds is 5. The molecule has 1 unspecified atom stereocenters. The highest BCUT2D eigenvalue weighted by molar-refractivity contribution is 5.14. The number of halogens is 1. The predicted molar refractivity (Wildman–Crippen MR) is 58.4 cm³/mol. The van der Waals surface area contributed by atoms with Gasteiger partial charge in [-0.25, -0.2) is 4.39 Å². The van der Waals surface area contributed by atoms with E-state index in [0.29, 0.717) is 25.9 Å². The smallest absolute Gasteiger partial charge is 0.126 e. The summed E-state index contributed by atoms with van der Waals surface area (Å²) in [5.41, 5.74) is 0.246. The third-order valence-electron chi connectivity index (χ3n) is 3.31. The van der Waals surface area contributed by atoms with Gasteiger partial charge in [0, 0.05) is 18.5 Å². The lowest BCUT2D eigenvalue weighted by Gasteiger charge is -2.33. The second-order valence-corrected chi connectivity index (χ2v) is 4.94. The summed E-state index contributed by atoms with van der Waals surface area (Å²) < 4.78 is 18.2. The van der Waals surface area contributed by atoms with Crippen LogP contribution in [0, 0.1) is 5.41 Å². The van der Waals surface area contributed by atoms with Crippen LogP contribution in [0.3, 0.4) is 0 Å². The first-order valence-corrected chi connectivity index (χ1v) is 5.80. The highest BCUT2D eigenvalue weighted by atomic mass is 19.1. The van der Waals surface area contributed by atoms with Gasteiger partial charge in [0.1, 0.15) is 6.17 Å². The van der Waals surface area contributed by atoms with Gasteiger partial charge in [-0.1, -0.05) is 26.0 Å². The molecule has 15 heavy (non-hydrogen) atoms. The minimum Gasteiger partial charge on any atom is -0.362 e. The Morgan fingerprint density at radius 3 is 2.87 bits per heavy atom. The van der Waals surface area contributed by atoms with E-state index >= 15 is 0 Å². The predicted octanol–water partition coefficient (Wildman–Crippen LogP) is 2.36. The summed E-state index contributed by atoms with van der Waals surface area (Å²) in [5, 5.41) is 0. The second-order valence-electron chi connectivity index (χ2n) is 4.94. The van der Waals surface area contributed by atoms with Crippen molar-refractivity contribution in [3.05, 3.63) is 12.2 Å². The molecule has 2 fully saturated rings. The van der Waals surface area contributed by atoms with E-state index in [-0.39, 0.29) is 5.41 Å². The third kappa shape index (κ3) is 2.58. The molecule has 1 saturated carbocycles. The number of allylic oxidation sites excluding steroid dienone is 1. The van der Waals surface area contributed by atoms with E-state index in [4.69, 9.17) is 4.74 Å². The number of alkyl halides is 1. The molecule has 2 rings (SSSR count). The van der Waals surface area contributed by atoms with Crippen molar-refractivity contribution in [3.63, 3.8) is 0 Å². The lowest BCUT2D eigenvalue weighted by molar-refractivity contribution is -0.0529. The quantitative estimate of drug-likeness (QED) is 0.650. The van der Waals surface area contributed by atoms with Gasteiger partial charge in [-0.2, -0.15) is 0 Å².